The van der Waals surface area contributed by atoms with Crippen LogP contribution in [-0.2, 0) is 21.0 Å². The number of nitrogens with zero attached hydrogens (tertiary/aromatic N) is 1. The number of benzene rings is 3. The highest BCUT2D eigenvalue weighted by Crippen LogP contribution is 2.60. The first-order valence-electron chi connectivity index (χ1n) is 14.1. The number of sulfonamides is 1. The summed E-state index contributed by atoms with van der Waals surface area (Å²) in [5.41, 5.74) is -2.32. The highest BCUT2D eigenvalue weighted by Gasteiger charge is 2.57. The van der Waals surface area contributed by atoms with Crippen LogP contribution in [-0.4, -0.2) is 38.8 Å². The number of hydrogen-bond donors (Lipinski definition) is 1. The predicted octanol–water partition coefficient (Wildman–Crippen LogP) is 7.49. The zero-order valence-electron chi connectivity index (χ0n) is 23.5. The average molecular weight is 656 g/mol. The number of alkyl halides is 5. The van der Waals surface area contributed by atoms with Crippen LogP contribution in [0.1, 0.15) is 44.1 Å². The minimum absolute atomic E-state index is 0.0374. The van der Waals surface area contributed by atoms with Gasteiger partial charge < -0.3 is 14.6 Å². The van der Waals surface area contributed by atoms with Crippen molar-refractivity contribution in [2.24, 2.45) is 10.8 Å². The van der Waals surface area contributed by atoms with Gasteiger partial charge in [-0.1, -0.05) is 12.1 Å². The van der Waals surface area contributed by atoms with E-state index in [4.69, 9.17) is 4.74 Å². The summed E-state index contributed by atoms with van der Waals surface area (Å²) in [5.74, 6) is -2.13. The number of fused-ring (bicyclic) bond motifs is 4. The fourth-order valence-corrected chi connectivity index (χ4v) is 8.37. The van der Waals surface area contributed by atoms with Crippen molar-refractivity contribution in [1.29, 1.82) is 0 Å². The summed E-state index contributed by atoms with van der Waals surface area (Å²) in [7, 11) is -4.65. The van der Waals surface area contributed by atoms with E-state index in [1.807, 2.05) is 0 Å². The highest BCUT2D eigenvalue weighted by atomic mass is 32.2. The average Bonchev–Trinajstić information content (AvgIpc) is 3.00. The molecule has 3 saturated carbocycles. The lowest BCUT2D eigenvalue weighted by Crippen LogP contribution is -2.57. The second-order valence-electron chi connectivity index (χ2n) is 11.9. The first-order chi connectivity index (χ1) is 21.1. The van der Waals surface area contributed by atoms with Crippen LogP contribution < -0.4 is 13.8 Å². The Labute approximate surface area is 254 Å². The van der Waals surface area contributed by atoms with Crippen molar-refractivity contribution in [2.45, 2.75) is 62.3 Å². The maximum Gasteiger partial charge on any atom is 0.416 e. The lowest BCUT2D eigenvalue weighted by atomic mass is 9.52. The molecule has 1 unspecified atom stereocenters. The van der Waals surface area contributed by atoms with Gasteiger partial charge in [0, 0.05) is 11.5 Å². The topological polar surface area (TPSA) is 93.1 Å². The van der Waals surface area contributed by atoms with Crippen molar-refractivity contribution in [3.63, 3.8) is 0 Å². The fraction of sp³-hybridized carbons (Fsp3) is 0.387. The van der Waals surface area contributed by atoms with Gasteiger partial charge >= 0.3 is 18.8 Å². The van der Waals surface area contributed by atoms with E-state index in [9.17, 15) is 44.7 Å². The number of rotatable bonds is 7. The van der Waals surface area contributed by atoms with E-state index >= 15 is 0 Å². The molecule has 2 bridgehead atoms. The van der Waals surface area contributed by atoms with Gasteiger partial charge in [-0.05, 0) is 92.1 Å². The van der Waals surface area contributed by atoms with E-state index in [1.165, 1.54) is 18.2 Å². The summed E-state index contributed by atoms with van der Waals surface area (Å²) in [6.07, 6.45) is -3.01. The van der Waals surface area contributed by atoms with E-state index < -0.39 is 67.7 Å². The summed E-state index contributed by atoms with van der Waals surface area (Å²) < 4.78 is 121. The Hall–Kier alpha value is -3.94. The van der Waals surface area contributed by atoms with E-state index in [0.717, 1.165) is 40.7 Å². The second kappa shape index (κ2) is 10.8. The maximum absolute atomic E-state index is 14.4. The summed E-state index contributed by atoms with van der Waals surface area (Å²) in [5, 5.41) is 9.82. The summed E-state index contributed by atoms with van der Waals surface area (Å²) in [4.78, 5) is 11.4. The van der Waals surface area contributed by atoms with Crippen molar-refractivity contribution in [1.82, 2.24) is 0 Å². The molecule has 14 heteroatoms. The van der Waals surface area contributed by atoms with Crippen molar-refractivity contribution < 1.29 is 54.1 Å². The molecule has 240 valence electrons. The van der Waals surface area contributed by atoms with Crippen molar-refractivity contribution in [3.8, 4) is 22.6 Å². The van der Waals surface area contributed by atoms with Gasteiger partial charge in [0.15, 0.2) is 0 Å². The maximum atomic E-state index is 14.4. The molecule has 3 fully saturated rings. The summed E-state index contributed by atoms with van der Waals surface area (Å²) >= 11 is 0. The summed E-state index contributed by atoms with van der Waals surface area (Å²) in [6, 6.07) is 10.6. The second-order valence-corrected chi connectivity index (χ2v) is 13.7. The molecule has 1 N–H and O–H groups in total. The molecular formula is C31H27F6NO6S. The third-order valence-corrected chi connectivity index (χ3v) is 11.2. The van der Waals surface area contributed by atoms with Crippen LogP contribution in [0.2, 0.25) is 0 Å². The molecule has 3 aromatic carbocycles. The number of aliphatic carboxylic acids is 1. The molecule has 7 rings (SSSR count). The first-order valence-corrected chi connectivity index (χ1v) is 15.6. The van der Waals surface area contributed by atoms with Gasteiger partial charge in [0.2, 0.25) is 0 Å². The molecule has 45 heavy (non-hydrogen) atoms. The molecule has 0 radical (unpaired) electrons. The number of hydrogen-bond acceptors (Lipinski definition) is 5. The van der Waals surface area contributed by atoms with Gasteiger partial charge in [-0.25, -0.2) is 12.8 Å². The van der Waals surface area contributed by atoms with Crippen LogP contribution in [0, 0.1) is 16.6 Å². The third kappa shape index (κ3) is 5.57. The van der Waals surface area contributed by atoms with Crippen LogP contribution >= 0.6 is 0 Å². The van der Waals surface area contributed by atoms with E-state index in [1.54, 1.807) is 0 Å². The SMILES string of the molecule is O=C(O)C12CCC(C3CN(S(=O)(=O)c4cccc(C(F)(F)F)c4)c4cc(-c5cc(F)cc(OC(F)F)c5)ccc4O3)(CC1)CC2. The normalized spacial score (nSPS) is 24.7. The molecule has 1 heterocycles. The Morgan fingerprint density at radius 2 is 1.64 bits per heavy atom. The van der Waals surface area contributed by atoms with E-state index in [2.05, 4.69) is 4.74 Å². The van der Waals surface area contributed by atoms with Crippen LogP contribution in [0.5, 0.6) is 11.5 Å². The fourth-order valence-electron chi connectivity index (χ4n) is 6.86. The van der Waals surface area contributed by atoms with Gasteiger partial charge in [-0.3, -0.25) is 9.10 Å². The molecular weight excluding hydrogens is 628 g/mol. The lowest BCUT2D eigenvalue weighted by Gasteiger charge is -2.55. The van der Waals surface area contributed by atoms with Crippen LogP contribution in [0.4, 0.5) is 32.0 Å². The van der Waals surface area contributed by atoms with Gasteiger partial charge in [0.25, 0.3) is 10.0 Å². The van der Waals surface area contributed by atoms with Crippen LogP contribution in [0.25, 0.3) is 11.1 Å². The number of carboxylic acid groups (broad SMARTS) is 1. The molecule has 0 saturated heterocycles. The Balaban J connectivity index is 1.44. The minimum Gasteiger partial charge on any atom is -0.486 e. The minimum atomic E-state index is -4.81. The molecule has 3 aromatic rings. The number of halogens is 6. The van der Waals surface area contributed by atoms with Crippen molar-refractivity contribution in [2.75, 3.05) is 10.8 Å². The first kappa shape index (κ1) is 31.1. The monoisotopic (exact) mass is 655 g/mol. The van der Waals surface area contributed by atoms with Gasteiger partial charge in [-0.2, -0.15) is 22.0 Å². The Bertz CT molecular complexity index is 1740. The number of carboxylic acids is 1. The molecule has 0 spiro atoms. The number of carbonyl (C=O) groups is 1. The molecule has 7 nitrogen and oxygen atoms in total. The van der Waals surface area contributed by atoms with E-state index in [-0.39, 0.29) is 29.1 Å². The van der Waals surface area contributed by atoms with Gasteiger partial charge in [0.1, 0.15) is 23.4 Å². The zero-order chi connectivity index (χ0) is 32.4. The Kier molecular flexibility index (Phi) is 7.49. The van der Waals surface area contributed by atoms with Gasteiger partial charge in [-0.15, -0.1) is 0 Å². The van der Waals surface area contributed by atoms with Crippen LogP contribution in [0.3, 0.4) is 0 Å². The molecule has 4 aliphatic rings. The Morgan fingerprint density at radius 3 is 2.27 bits per heavy atom. The standard InChI is InChI=1S/C31H27F6NO6S/c32-21-12-19(13-22(16-21)43-28(33)34)18-4-5-25-24(14-18)38(45(41,42)23-3-1-2-20(15-23)31(35,36)37)17-26(44-25)29-6-9-30(10-7-29,11-8-29)27(39)40/h1-5,12-16,26,28H,6-11,17H2,(H,39,40). The van der Waals surface area contributed by atoms with Crippen molar-refractivity contribution in [3.05, 3.63) is 72.0 Å². The smallest absolute Gasteiger partial charge is 0.416 e. The van der Waals surface area contributed by atoms with Gasteiger partial charge in [0.05, 0.1) is 28.1 Å². The quantitative estimate of drug-likeness (QED) is 0.265. The largest absolute Gasteiger partial charge is 0.486 e. The predicted molar refractivity (Wildman–Crippen MR) is 149 cm³/mol. The highest BCUT2D eigenvalue weighted by molar-refractivity contribution is 7.92. The third-order valence-electron chi connectivity index (χ3n) is 9.45. The van der Waals surface area contributed by atoms with Crippen molar-refractivity contribution >= 4 is 21.7 Å². The number of ether oxygens (including phenoxy) is 2. The molecule has 1 aliphatic heterocycles. The summed E-state index contributed by atoms with van der Waals surface area (Å²) in [6.45, 7) is -3.50. The molecule has 0 aromatic heterocycles. The number of anilines is 1. The lowest BCUT2D eigenvalue weighted by molar-refractivity contribution is -0.163. The zero-order valence-corrected chi connectivity index (χ0v) is 24.3. The molecule has 3 aliphatic carbocycles. The molecule has 1 atom stereocenters. The van der Waals surface area contributed by atoms with E-state index in [0.29, 0.717) is 44.6 Å². The molecule has 0 amide bonds. The Morgan fingerprint density at radius 1 is 0.956 bits per heavy atom. The van der Waals surface area contributed by atoms with Crippen LogP contribution in [0.15, 0.2) is 65.6 Å².